The van der Waals surface area contributed by atoms with Gasteiger partial charge in [0.25, 0.3) is 0 Å². The van der Waals surface area contributed by atoms with E-state index in [-0.39, 0.29) is 0 Å². The molecular weight excluding hydrogens is 340 g/mol. The summed E-state index contributed by atoms with van der Waals surface area (Å²) in [6.45, 7) is 1.88. The summed E-state index contributed by atoms with van der Waals surface area (Å²) in [5, 5.41) is 9.51. The summed E-state index contributed by atoms with van der Waals surface area (Å²) in [6.07, 6.45) is 3.50. The lowest BCUT2D eigenvalue weighted by Gasteiger charge is -2.09. The van der Waals surface area contributed by atoms with Gasteiger partial charge in [0.1, 0.15) is 5.82 Å². The fourth-order valence-corrected chi connectivity index (χ4v) is 3.84. The smallest absolute Gasteiger partial charge is 0.203 e. The number of hydrogen-bond acceptors (Lipinski definition) is 7. The normalized spacial score (nSPS) is 10.9. The highest BCUT2D eigenvalue weighted by Gasteiger charge is 2.17. The van der Waals surface area contributed by atoms with E-state index in [9.17, 15) is 0 Å². The van der Waals surface area contributed by atoms with Crippen LogP contribution in [0.1, 0.15) is 5.82 Å². The van der Waals surface area contributed by atoms with Gasteiger partial charge in [-0.3, -0.25) is 9.55 Å². The van der Waals surface area contributed by atoms with E-state index in [1.54, 1.807) is 12.4 Å². The predicted octanol–water partition coefficient (Wildman–Crippen LogP) is 3.64. The molecule has 4 aromatic rings. The first-order chi connectivity index (χ1) is 11.8. The molecule has 0 unspecified atom stereocenters. The van der Waals surface area contributed by atoms with Gasteiger partial charge in [-0.1, -0.05) is 18.2 Å². The van der Waals surface area contributed by atoms with Gasteiger partial charge in [0, 0.05) is 23.6 Å². The largest absolute Gasteiger partial charge is 0.270 e. The third-order valence-electron chi connectivity index (χ3n) is 3.27. The Labute approximate surface area is 146 Å². The molecule has 0 saturated carbocycles. The molecule has 0 N–H and O–H groups in total. The molecule has 0 radical (unpaired) electrons. The summed E-state index contributed by atoms with van der Waals surface area (Å²) in [7, 11) is 0. The lowest BCUT2D eigenvalue weighted by Crippen LogP contribution is -1.99. The van der Waals surface area contributed by atoms with Crippen LogP contribution in [-0.2, 0) is 0 Å². The maximum Gasteiger partial charge on any atom is 0.203 e. The van der Waals surface area contributed by atoms with Gasteiger partial charge in [0.05, 0.1) is 0 Å². The van der Waals surface area contributed by atoms with Gasteiger partial charge >= 0.3 is 0 Å². The molecule has 6 nitrogen and oxygen atoms in total. The van der Waals surface area contributed by atoms with Crippen LogP contribution < -0.4 is 0 Å². The second kappa shape index (κ2) is 6.50. The minimum Gasteiger partial charge on any atom is -0.270 e. The standard InChI is InChI=1S/C16H12N6S2/c1-11-18-16(24-21-11)23-15-20-19-14(12-7-9-17-10-8-12)22(15)13-5-3-2-4-6-13/h2-10H,1H3. The number of para-hydroxylation sites is 1. The molecule has 0 amide bonds. The van der Waals surface area contributed by atoms with Gasteiger partial charge in [-0.2, -0.15) is 4.37 Å². The van der Waals surface area contributed by atoms with Crippen LogP contribution in [0, 0.1) is 6.92 Å². The number of pyridine rings is 1. The molecule has 0 aliphatic rings. The first-order valence-electron chi connectivity index (χ1n) is 7.20. The van der Waals surface area contributed by atoms with E-state index in [1.165, 1.54) is 23.3 Å². The molecule has 0 fully saturated rings. The number of aromatic nitrogens is 6. The van der Waals surface area contributed by atoms with Crippen LogP contribution in [0.2, 0.25) is 0 Å². The Hall–Kier alpha value is -2.58. The second-order valence-corrected chi connectivity index (χ2v) is 6.89. The summed E-state index contributed by atoms with van der Waals surface area (Å²) in [6, 6.07) is 13.9. The zero-order valence-corrected chi connectivity index (χ0v) is 14.3. The fraction of sp³-hybridized carbons (Fsp3) is 0.0625. The van der Waals surface area contributed by atoms with Crippen LogP contribution in [0.25, 0.3) is 17.1 Å². The molecule has 24 heavy (non-hydrogen) atoms. The third-order valence-corrected chi connectivity index (χ3v) is 5.06. The lowest BCUT2D eigenvalue weighted by molar-refractivity contribution is 0.885. The van der Waals surface area contributed by atoms with Crippen LogP contribution in [0.5, 0.6) is 0 Å². The van der Waals surface area contributed by atoms with Crippen molar-refractivity contribution in [1.82, 2.24) is 29.1 Å². The number of aryl methyl sites for hydroxylation is 1. The second-order valence-electron chi connectivity index (χ2n) is 4.92. The zero-order valence-electron chi connectivity index (χ0n) is 12.7. The molecule has 0 aliphatic carbocycles. The molecule has 0 bridgehead atoms. The number of benzene rings is 1. The number of hydrogen-bond donors (Lipinski definition) is 0. The minimum atomic E-state index is 0.754. The summed E-state index contributed by atoms with van der Waals surface area (Å²) >= 11 is 2.83. The molecular formula is C16H12N6S2. The summed E-state index contributed by atoms with van der Waals surface area (Å²) in [5.41, 5.74) is 1.96. The van der Waals surface area contributed by atoms with E-state index >= 15 is 0 Å². The Morgan fingerprint density at radius 1 is 1.00 bits per heavy atom. The van der Waals surface area contributed by atoms with Crippen LogP contribution in [-0.4, -0.2) is 29.1 Å². The van der Waals surface area contributed by atoms with Crippen molar-refractivity contribution in [3.8, 4) is 17.1 Å². The van der Waals surface area contributed by atoms with Gasteiger partial charge in [-0.05, 0) is 54.5 Å². The van der Waals surface area contributed by atoms with Gasteiger partial charge in [-0.25, -0.2) is 4.98 Å². The molecule has 0 saturated heterocycles. The molecule has 0 aliphatic heterocycles. The molecule has 4 rings (SSSR count). The molecule has 8 heteroatoms. The van der Waals surface area contributed by atoms with Crippen LogP contribution in [0.4, 0.5) is 0 Å². The van der Waals surface area contributed by atoms with Crippen molar-refractivity contribution in [1.29, 1.82) is 0 Å². The molecule has 3 heterocycles. The van der Waals surface area contributed by atoms with Gasteiger partial charge in [0.15, 0.2) is 10.2 Å². The Morgan fingerprint density at radius 3 is 2.50 bits per heavy atom. The number of nitrogens with zero attached hydrogens (tertiary/aromatic N) is 6. The molecule has 118 valence electrons. The van der Waals surface area contributed by atoms with E-state index < -0.39 is 0 Å². The quantitative estimate of drug-likeness (QED) is 0.558. The minimum absolute atomic E-state index is 0.754. The highest BCUT2D eigenvalue weighted by Crippen LogP contribution is 2.32. The summed E-state index contributed by atoms with van der Waals surface area (Å²) < 4.78 is 7.09. The maximum atomic E-state index is 4.40. The van der Waals surface area contributed by atoms with Gasteiger partial charge < -0.3 is 0 Å². The van der Waals surface area contributed by atoms with E-state index in [1.807, 2.05) is 54.0 Å². The van der Waals surface area contributed by atoms with E-state index in [2.05, 4.69) is 24.5 Å². The van der Waals surface area contributed by atoms with Gasteiger partial charge in [-0.15, -0.1) is 10.2 Å². The molecule has 0 atom stereocenters. The average Bonchev–Trinajstić information content (AvgIpc) is 3.23. The Morgan fingerprint density at radius 2 is 1.79 bits per heavy atom. The topological polar surface area (TPSA) is 69.4 Å². The first-order valence-corrected chi connectivity index (χ1v) is 8.79. The van der Waals surface area contributed by atoms with Crippen LogP contribution in [0.3, 0.4) is 0 Å². The van der Waals surface area contributed by atoms with Gasteiger partial charge in [0.2, 0.25) is 5.16 Å². The molecule has 3 aromatic heterocycles. The zero-order chi connectivity index (χ0) is 16.4. The van der Waals surface area contributed by atoms with E-state index in [0.717, 1.165) is 32.4 Å². The van der Waals surface area contributed by atoms with Crippen molar-refractivity contribution >= 4 is 23.3 Å². The highest BCUT2D eigenvalue weighted by atomic mass is 32.2. The van der Waals surface area contributed by atoms with Crippen LogP contribution in [0.15, 0.2) is 64.4 Å². The van der Waals surface area contributed by atoms with Crippen LogP contribution >= 0.6 is 23.3 Å². The Balaban J connectivity index is 1.84. The van der Waals surface area contributed by atoms with Crippen molar-refractivity contribution in [2.75, 3.05) is 0 Å². The fourth-order valence-electron chi connectivity index (χ4n) is 2.23. The van der Waals surface area contributed by atoms with Crippen molar-refractivity contribution < 1.29 is 0 Å². The highest BCUT2D eigenvalue weighted by molar-refractivity contribution is 8.00. The van der Waals surface area contributed by atoms with Crippen molar-refractivity contribution in [3.63, 3.8) is 0 Å². The average molecular weight is 352 g/mol. The lowest BCUT2D eigenvalue weighted by atomic mass is 10.2. The molecule has 0 spiro atoms. The first kappa shape index (κ1) is 15.0. The SMILES string of the molecule is Cc1nsc(Sc2nnc(-c3ccncc3)n2-c2ccccc2)n1. The van der Waals surface area contributed by atoms with Crippen molar-refractivity contribution in [2.24, 2.45) is 0 Å². The monoisotopic (exact) mass is 352 g/mol. The maximum absolute atomic E-state index is 4.40. The molecule has 1 aromatic carbocycles. The van der Waals surface area contributed by atoms with Crippen molar-refractivity contribution in [3.05, 3.63) is 60.7 Å². The number of rotatable bonds is 4. The Bertz CT molecular complexity index is 949. The van der Waals surface area contributed by atoms with E-state index in [0.29, 0.717) is 0 Å². The summed E-state index contributed by atoms with van der Waals surface area (Å²) in [5.74, 6) is 1.54. The van der Waals surface area contributed by atoms with E-state index in [4.69, 9.17) is 0 Å². The predicted molar refractivity (Wildman–Crippen MR) is 93.4 cm³/mol. The van der Waals surface area contributed by atoms with Crippen molar-refractivity contribution in [2.45, 2.75) is 16.4 Å². The Kier molecular flexibility index (Phi) is 4.06. The summed E-state index contributed by atoms with van der Waals surface area (Å²) in [4.78, 5) is 8.47. The third kappa shape index (κ3) is 2.93.